The number of benzene rings is 1. The number of hydrogen-bond acceptors (Lipinski definition) is 3. The maximum atomic E-state index is 12.9. The first kappa shape index (κ1) is 9.45. The van der Waals surface area contributed by atoms with Crippen molar-refractivity contribution in [2.75, 3.05) is 7.11 Å². The Bertz CT molecular complexity index is 1010. The van der Waals surface area contributed by atoms with Crippen LogP contribution in [0.4, 0.5) is 0 Å². The van der Waals surface area contributed by atoms with E-state index in [1.54, 1.807) is 32.2 Å². The van der Waals surface area contributed by atoms with Crippen molar-refractivity contribution >= 4 is 17.9 Å². The molecule has 5 heteroatoms. The van der Waals surface area contributed by atoms with Crippen LogP contribution in [0, 0.1) is 0 Å². The molecule has 1 aromatic rings. The molecule has 2 aliphatic heterocycles. The number of ether oxygens (including phenoxy) is 1. The van der Waals surface area contributed by atoms with Crippen molar-refractivity contribution in [1.29, 1.82) is 0 Å². The van der Waals surface area contributed by atoms with Gasteiger partial charge in [0.15, 0.2) is 0 Å². The van der Waals surface area contributed by atoms with E-state index in [1.165, 1.54) is 0 Å². The van der Waals surface area contributed by atoms with Gasteiger partial charge < -0.3 is 10.1 Å². The second-order valence-electron chi connectivity index (χ2n) is 5.05. The van der Waals surface area contributed by atoms with Crippen LogP contribution < -0.4 is 10.1 Å². The van der Waals surface area contributed by atoms with Crippen LogP contribution in [-0.2, 0) is 11.3 Å². The molecule has 1 amide bonds. The number of carbonyl (C=O) groups is 1. The number of carbonyl (C=O) groups excluding carboxylic acids is 1. The smallest absolute Gasteiger partial charge is 0.308 e. The SMILES string of the molecule is [2H]C1=C(C([2H])([2H])[2H])C([2H])=[N+]2C(=NC(C)=C2C(=O)NCc2cccc(OC)c2)C1[2H]. The summed E-state index contributed by atoms with van der Waals surface area (Å²) in [7, 11) is 1.54. The molecule has 1 unspecified atom stereocenters. The highest BCUT2D eigenvalue weighted by Gasteiger charge is 2.35. The third kappa shape index (κ3) is 3.08. The number of amidine groups is 1. The highest BCUT2D eigenvalue weighted by Crippen LogP contribution is 2.21. The van der Waals surface area contributed by atoms with Gasteiger partial charge in [0.2, 0.25) is 11.4 Å². The van der Waals surface area contributed by atoms with Gasteiger partial charge >= 0.3 is 5.84 Å². The van der Waals surface area contributed by atoms with Crippen LogP contribution in [0.5, 0.6) is 5.75 Å². The Morgan fingerprint density at radius 3 is 3.26 bits per heavy atom. The lowest BCUT2D eigenvalue weighted by Crippen LogP contribution is -2.32. The van der Waals surface area contributed by atoms with Gasteiger partial charge in [-0.25, -0.2) is 0 Å². The average molecular weight is 316 g/mol. The quantitative estimate of drug-likeness (QED) is 0.867. The molecule has 0 saturated carbocycles. The summed E-state index contributed by atoms with van der Waals surface area (Å²) in [6.45, 7) is -1.03. The molecule has 0 saturated heterocycles. The monoisotopic (exact) mass is 316 g/mol. The van der Waals surface area contributed by atoms with Gasteiger partial charge in [-0.1, -0.05) is 18.2 Å². The van der Waals surface area contributed by atoms with Crippen LogP contribution in [-0.4, -0.2) is 29.6 Å². The molecular weight excluding hydrogens is 290 g/mol. The molecule has 118 valence electrons. The molecule has 1 aromatic carbocycles. The van der Waals surface area contributed by atoms with Crippen molar-refractivity contribution in [3.8, 4) is 5.75 Å². The number of hydrogen-bond donors (Lipinski definition) is 1. The number of fused-ring (bicyclic) bond motifs is 1. The van der Waals surface area contributed by atoms with E-state index in [-0.39, 0.29) is 23.8 Å². The number of nitrogens with zero attached hydrogens (tertiary/aromatic N) is 2. The van der Waals surface area contributed by atoms with Gasteiger partial charge in [0, 0.05) is 19.0 Å². The van der Waals surface area contributed by atoms with Crippen molar-refractivity contribution < 1.29 is 22.3 Å². The standard InChI is InChI=1S/C18H19N3O2/c1-12-7-8-16-20-13(2)17(21(16)11-12)18(22)19-10-14-5-4-6-15(9-14)23-3/h4-7,9,11H,8,10H2,1-3H3/p+1/i1D3,7D,8D,11D. The molecule has 0 aromatic heterocycles. The molecule has 23 heavy (non-hydrogen) atoms. The molecule has 0 bridgehead atoms. The summed E-state index contributed by atoms with van der Waals surface area (Å²) in [5.74, 6) is 0.0697. The predicted octanol–water partition coefficient (Wildman–Crippen LogP) is 2.39. The Morgan fingerprint density at radius 1 is 1.61 bits per heavy atom. The molecular formula is C18H20N3O2+. The van der Waals surface area contributed by atoms with E-state index in [0.717, 1.165) is 10.1 Å². The molecule has 2 heterocycles. The highest BCUT2D eigenvalue weighted by atomic mass is 16.5. The van der Waals surface area contributed by atoms with Crippen molar-refractivity contribution in [1.82, 2.24) is 5.32 Å². The molecule has 0 aliphatic carbocycles. The van der Waals surface area contributed by atoms with Gasteiger partial charge in [-0.05, 0) is 35.1 Å². The number of amides is 1. The molecule has 0 spiro atoms. The molecule has 3 rings (SSSR count). The number of allylic oxidation sites excluding steroid dienone is 2. The van der Waals surface area contributed by atoms with Crippen LogP contribution in [0.3, 0.4) is 0 Å². The molecule has 1 N–H and O–H groups in total. The van der Waals surface area contributed by atoms with Crippen molar-refractivity contribution in [2.24, 2.45) is 4.99 Å². The zero-order valence-electron chi connectivity index (χ0n) is 18.8. The zero-order chi connectivity index (χ0) is 21.5. The van der Waals surface area contributed by atoms with E-state index in [0.29, 0.717) is 5.75 Å². The van der Waals surface area contributed by atoms with Crippen molar-refractivity contribution in [3.63, 3.8) is 0 Å². The minimum Gasteiger partial charge on any atom is -0.497 e. The fourth-order valence-electron chi connectivity index (χ4n) is 2.36. The minimum absolute atomic E-state index is 0.0144. The van der Waals surface area contributed by atoms with Crippen LogP contribution in [0.15, 0.2) is 52.3 Å². The largest absolute Gasteiger partial charge is 0.497 e. The zero-order valence-corrected chi connectivity index (χ0v) is 12.8. The van der Waals surface area contributed by atoms with Gasteiger partial charge in [-0.2, -0.15) is 4.58 Å². The number of methoxy groups -OCH3 is 1. The summed E-state index contributed by atoms with van der Waals surface area (Å²) in [6.07, 6.45) is -1.92. The summed E-state index contributed by atoms with van der Waals surface area (Å²) < 4.78 is 53.6. The molecule has 1 atom stereocenters. The van der Waals surface area contributed by atoms with Crippen LogP contribution >= 0.6 is 0 Å². The summed E-state index contributed by atoms with van der Waals surface area (Å²) >= 11 is 0. The molecule has 0 fully saturated rings. The maximum Gasteiger partial charge on any atom is 0.308 e. The van der Waals surface area contributed by atoms with Gasteiger partial charge in [-0.3, -0.25) is 4.79 Å². The van der Waals surface area contributed by atoms with Crippen LogP contribution in [0.1, 0.15) is 34.0 Å². The van der Waals surface area contributed by atoms with Gasteiger partial charge in [0.25, 0.3) is 5.91 Å². The second kappa shape index (κ2) is 6.20. The summed E-state index contributed by atoms with van der Waals surface area (Å²) in [6, 6.07) is 6.64. The topological polar surface area (TPSA) is 53.7 Å². The average Bonchev–Trinajstić information content (AvgIpc) is 3.01. The first-order chi connectivity index (χ1) is 13.6. The predicted molar refractivity (Wildman–Crippen MR) is 89.7 cm³/mol. The molecule has 0 radical (unpaired) electrons. The van der Waals surface area contributed by atoms with Crippen LogP contribution in [0.25, 0.3) is 0 Å². The molecule has 5 nitrogen and oxygen atoms in total. The lowest BCUT2D eigenvalue weighted by Gasteiger charge is -2.10. The minimum atomic E-state index is -2.75. The maximum absolute atomic E-state index is 12.9. The first-order valence-electron chi connectivity index (χ1n) is 10.1. The Balaban J connectivity index is 1.93. The van der Waals surface area contributed by atoms with Crippen LogP contribution in [0.2, 0.25) is 0 Å². The summed E-state index contributed by atoms with van der Waals surface area (Å²) in [5.41, 5.74) is 0.479. The Labute approximate surface area is 144 Å². The van der Waals surface area contributed by atoms with E-state index in [1.807, 2.05) is 6.07 Å². The highest BCUT2D eigenvalue weighted by molar-refractivity contribution is 6.00. The number of aliphatic imine (C=N–C) groups is 1. The van der Waals surface area contributed by atoms with Crippen molar-refractivity contribution in [2.45, 2.75) is 26.7 Å². The Kier molecular flexibility index (Phi) is 2.55. The lowest BCUT2D eigenvalue weighted by atomic mass is 10.2. The summed E-state index contributed by atoms with van der Waals surface area (Å²) in [4.78, 5) is 17.0. The fraction of sp³-hybridized carbons (Fsp3) is 0.278. The number of nitrogens with one attached hydrogen (secondary N) is 1. The second-order valence-corrected chi connectivity index (χ2v) is 5.05. The first-order valence-corrected chi connectivity index (χ1v) is 7.04. The van der Waals surface area contributed by atoms with Crippen molar-refractivity contribution in [3.05, 3.63) is 52.8 Å². The van der Waals surface area contributed by atoms with E-state index < -0.39 is 37.0 Å². The number of rotatable bonds is 4. The Hall–Kier alpha value is -2.69. The lowest BCUT2D eigenvalue weighted by molar-refractivity contribution is -0.337. The van der Waals surface area contributed by atoms with Gasteiger partial charge in [-0.15, -0.1) is 0 Å². The molecule has 2 aliphatic rings. The fourth-order valence-corrected chi connectivity index (χ4v) is 2.36. The van der Waals surface area contributed by atoms with E-state index >= 15 is 0 Å². The Morgan fingerprint density at radius 2 is 2.48 bits per heavy atom. The van der Waals surface area contributed by atoms with E-state index in [2.05, 4.69) is 10.3 Å². The van der Waals surface area contributed by atoms with E-state index in [9.17, 15) is 4.79 Å². The van der Waals surface area contributed by atoms with E-state index in [4.69, 9.17) is 13.0 Å². The van der Waals surface area contributed by atoms with Gasteiger partial charge in [0.1, 0.15) is 7.12 Å². The third-order valence-electron chi connectivity index (χ3n) is 3.45. The normalized spacial score (nSPS) is 24.8. The summed E-state index contributed by atoms with van der Waals surface area (Å²) in [5, 5.41) is 2.73. The van der Waals surface area contributed by atoms with Gasteiger partial charge in [0.05, 0.1) is 21.1 Å². The third-order valence-corrected chi connectivity index (χ3v) is 3.45.